The minimum atomic E-state index is -0.767. The van der Waals surface area contributed by atoms with Gasteiger partial charge in [0.1, 0.15) is 17.4 Å². The van der Waals surface area contributed by atoms with E-state index in [0.717, 1.165) is 18.5 Å². The molecule has 3 heterocycles. The van der Waals surface area contributed by atoms with Crippen molar-refractivity contribution in [2.24, 2.45) is 5.73 Å². The van der Waals surface area contributed by atoms with Crippen LogP contribution in [0.15, 0.2) is 34.4 Å². The van der Waals surface area contributed by atoms with Gasteiger partial charge in [0.25, 0.3) is 5.56 Å². The molecular weight excluding hydrogens is 426 g/mol. The smallest absolute Gasteiger partial charge is 0.258 e. The Morgan fingerprint density at radius 2 is 1.88 bits per heavy atom. The fourth-order valence-corrected chi connectivity index (χ4v) is 4.51. The number of hydrogen-bond acceptors (Lipinski definition) is 8. The zero-order valence-electron chi connectivity index (χ0n) is 19.1. The number of methoxy groups -OCH3 is 3. The van der Waals surface area contributed by atoms with E-state index < -0.39 is 5.92 Å². The zero-order valence-corrected chi connectivity index (χ0v) is 19.1. The standard InChI is InChI=1S/C24H27N3O6/c1-13-8-17-21(24(28)27(13)12-15-6-5-7-32-15)20(16(11-25)23(26)33-17)14-9-18(29-2)22(31-4)19(10-14)30-3/h8-10,15,20H,5-7,12,26H2,1-4H3/t15-,20-/m1/s1. The Kier molecular flexibility index (Phi) is 6.20. The summed E-state index contributed by atoms with van der Waals surface area (Å²) in [5.74, 6) is 0.739. The van der Waals surface area contributed by atoms with Crippen molar-refractivity contribution in [2.75, 3.05) is 27.9 Å². The molecule has 9 heteroatoms. The second-order valence-corrected chi connectivity index (χ2v) is 8.00. The van der Waals surface area contributed by atoms with Gasteiger partial charge in [-0.3, -0.25) is 4.79 Å². The maximum atomic E-state index is 13.8. The van der Waals surface area contributed by atoms with Crippen LogP contribution in [0.25, 0.3) is 0 Å². The average molecular weight is 453 g/mol. The number of aryl methyl sites for hydroxylation is 1. The third-order valence-electron chi connectivity index (χ3n) is 6.12. The molecule has 0 amide bonds. The summed E-state index contributed by atoms with van der Waals surface area (Å²) in [5.41, 5.74) is 7.66. The van der Waals surface area contributed by atoms with Crippen molar-refractivity contribution in [1.29, 1.82) is 5.26 Å². The molecule has 174 valence electrons. The number of nitriles is 1. The number of pyridine rings is 1. The summed E-state index contributed by atoms with van der Waals surface area (Å²) in [5, 5.41) is 9.93. The van der Waals surface area contributed by atoms with E-state index in [-0.39, 0.29) is 23.1 Å². The highest BCUT2D eigenvalue weighted by molar-refractivity contribution is 5.61. The highest BCUT2D eigenvalue weighted by Gasteiger charge is 2.36. The third kappa shape index (κ3) is 3.87. The average Bonchev–Trinajstić information content (AvgIpc) is 3.33. The Morgan fingerprint density at radius 1 is 1.18 bits per heavy atom. The Labute approximate surface area is 191 Å². The fourth-order valence-electron chi connectivity index (χ4n) is 4.51. The number of rotatable bonds is 6. The van der Waals surface area contributed by atoms with Crippen LogP contribution in [0.5, 0.6) is 23.0 Å². The first-order chi connectivity index (χ1) is 15.9. The molecule has 0 unspecified atom stereocenters. The van der Waals surface area contributed by atoms with E-state index in [2.05, 4.69) is 6.07 Å². The van der Waals surface area contributed by atoms with Gasteiger partial charge < -0.3 is 34.0 Å². The normalized spacial score (nSPS) is 19.5. The highest BCUT2D eigenvalue weighted by atomic mass is 16.5. The summed E-state index contributed by atoms with van der Waals surface area (Å²) in [6, 6.07) is 7.34. The van der Waals surface area contributed by atoms with Crippen molar-refractivity contribution >= 4 is 0 Å². The van der Waals surface area contributed by atoms with Gasteiger partial charge in [-0.25, -0.2) is 0 Å². The topological polar surface area (TPSA) is 118 Å². The SMILES string of the molecule is COc1cc([C@@H]2C(C#N)=C(N)Oc3cc(C)n(C[C@H]4CCCO4)c(=O)c32)cc(OC)c1OC. The lowest BCUT2D eigenvalue weighted by Crippen LogP contribution is -2.35. The van der Waals surface area contributed by atoms with Crippen LogP contribution < -0.4 is 30.2 Å². The fraction of sp³-hybridized carbons (Fsp3) is 0.417. The number of fused-ring (bicyclic) bond motifs is 1. The van der Waals surface area contributed by atoms with E-state index in [1.807, 2.05) is 6.92 Å². The van der Waals surface area contributed by atoms with Gasteiger partial charge in [0.05, 0.1) is 45.5 Å². The molecule has 0 bridgehead atoms. The van der Waals surface area contributed by atoms with Crippen LogP contribution >= 0.6 is 0 Å². The summed E-state index contributed by atoms with van der Waals surface area (Å²) in [6.45, 7) is 2.97. The van der Waals surface area contributed by atoms with Gasteiger partial charge in [0.2, 0.25) is 11.6 Å². The minimum absolute atomic E-state index is 0.0281. The van der Waals surface area contributed by atoms with E-state index in [1.165, 1.54) is 21.3 Å². The molecule has 9 nitrogen and oxygen atoms in total. The number of hydrogen-bond donors (Lipinski definition) is 1. The van der Waals surface area contributed by atoms with Gasteiger partial charge in [-0.2, -0.15) is 5.26 Å². The maximum absolute atomic E-state index is 13.8. The van der Waals surface area contributed by atoms with Gasteiger partial charge in [0.15, 0.2) is 11.5 Å². The number of aromatic nitrogens is 1. The van der Waals surface area contributed by atoms with Crippen LogP contribution in [0.3, 0.4) is 0 Å². The Morgan fingerprint density at radius 3 is 2.42 bits per heavy atom. The zero-order chi connectivity index (χ0) is 23.7. The Bertz CT molecular complexity index is 1180. The highest BCUT2D eigenvalue weighted by Crippen LogP contribution is 2.46. The molecule has 4 rings (SSSR count). The first-order valence-electron chi connectivity index (χ1n) is 10.7. The van der Waals surface area contributed by atoms with E-state index in [4.69, 9.17) is 29.4 Å². The quantitative estimate of drug-likeness (QED) is 0.709. The maximum Gasteiger partial charge on any atom is 0.258 e. The van der Waals surface area contributed by atoms with Crippen molar-refractivity contribution in [3.8, 4) is 29.1 Å². The third-order valence-corrected chi connectivity index (χ3v) is 6.12. The van der Waals surface area contributed by atoms with Gasteiger partial charge >= 0.3 is 0 Å². The number of ether oxygens (including phenoxy) is 5. The molecule has 0 saturated carbocycles. The van der Waals surface area contributed by atoms with Crippen LogP contribution in [0.1, 0.15) is 35.6 Å². The van der Waals surface area contributed by atoms with Crippen molar-refractivity contribution < 1.29 is 23.7 Å². The molecule has 0 aliphatic carbocycles. The number of allylic oxidation sites excluding steroid dienone is 1. The first-order valence-corrected chi connectivity index (χ1v) is 10.7. The molecule has 2 aromatic rings. The molecular formula is C24H27N3O6. The van der Waals surface area contributed by atoms with Crippen molar-refractivity contribution in [1.82, 2.24) is 4.57 Å². The summed E-state index contributed by atoms with van der Waals surface area (Å²) in [7, 11) is 4.52. The molecule has 2 atom stereocenters. The lowest BCUT2D eigenvalue weighted by Gasteiger charge is -2.28. The molecule has 33 heavy (non-hydrogen) atoms. The van der Waals surface area contributed by atoms with Crippen molar-refractivity contribution in [3.63, 3.8) is 0 Å². The molecule has 1 fully saturated rings. The molecule has 1 aromatic heterocycles. The van der Waals surface area contributed by atoms with E-state index in [1.54, 1.807) is 22.8 Å². The minimum Gasteiger partial charge on any atom is -0.493 e. The van der Waals surface area contributed by atoms with Crippen molar-refractivity contribution in [2.45, 2.75) is 38.3 Å². The van der Waals surface area contributed by atoms with Crippen LogP contribution in [-0.2, 0) is 11.3 Å². The largest absolute Gasteiger partial charge is 0.493 e. The summed E-state index contributed by atoms with van der Waals surface area (Å²) < 4.78 is 29.6. The summed E-state index contributed by atoms with van der Waals surface area (Å²) in [4.78, 5) is 13.8. The predicted octanol–water partition coefficient (Wildman–Crippen LogP) is 2.58. The number of nitrogens with two attached hydrogens (primary N) is 1. The van der Waals surface area contributed by atoms with Gasteiger partial charge in [-0.05, 0) is 37.5 Å². The number of benzene rings is 1. The van der Waals surface area contributed by atoms with E-state index in [9.17, 15) is 10.1 Å². The molecule has 0 spiro atoms. The van der Waals surface area contributed by atoms with Crippen LogP contribution in [-0.4, -0.2) is 38.6 Å². The molecule has 1 saturated heterocycles. The van der Waals surface area contributed by atoms with Crippen LogP contribution in [0, 0.1) is 18.3 Å². The lowest BCUT2D eigenvalue weighted by molar-refractivity contribution is 0.0955. The second kappa shape index (κ2) is 9.08. The Balaban J connectivity index is 1.94. The lowest BCUT2D eigenvalue weighted by atomic mass is 9.83. The van der Waals surface area contributed by atoms with Crippen LogP contribution in [0.2, 0.25) is 0 Å². The summed E-state index contributed by atoms with van der Waals surface area (Å²) in [6.07, 6.45) is 1.84. The predicted molar refractivity (Wildman–Crippen MR) is 120 cm³/mol. The van der Waals surface area contributed by atoms with Crippen LogP contribution in [0.4, 0.5) is 0 Å². The van der Waals surface area contributed by atoms with Crippen molar-refractivity contribution in [3.05, 3.63) is 56.8 Å². The molecule has 2 aliphatic rings. The molecule has 2 N–H and O–H groups in total. The Hall–Kier alpha value is -3.64. The van der Waals surface area contributed by atoms with E-state index >= 15 is 0 Å². The van der Waals surface area contributed by atoms with Gasteiger partial charge in [0, 0.05) is 18.4 Å². The first kappa shape index (κ1) is 22.6. The van der Waals surface area contributed by atoms with Gasteiger partial charge in [-0.1, -0.05) is 0 Å². The second-order valence-electron chi connectivity index (χ2n) is 8.00. The molecule has 2 aliphatic heterocycles. The molecule has 1 aromatic carbocycles. The summed E-state index contributed by atoms with van der Waals surface area (Å²) >= 11 is 0. The van der Waals surface area contributed by atoms with E-state index in [0.29, 0.717) is 47.3 Å². The monoisotopic (exact) mass is 453 g/mol. The number of nitrogens with zero attached hydrogens (tertiary/aromatic N) is 2. The molecule has 0 radical (unpaired) electrons. The van der Waals surface area contributed by atoms with Gasteiger partial charge in [-0.15, -0.1) is 0 Å².